The van der Waals surface area contributed by atoms with E-state index in [0.29, 0.717) is 22.9 Å². The lowest BCUT2D eigenvalue weighted by Gasteiger charge is -2.29. The Hall–Kier alpha value is -3.75. The molecule has 0 spiro atoms. The number of nitrogens with zero attached hydrogens (tertiary/aromatic N) is 1. The first-order valence-electron chi connectivity index (χ1n) is 8.86. The van der Waals surface area contributed by atoms with Crippen LogP contribution in [0.1, 0.15) is 16.8 Å². The van der Waals surface area contributed by atoms with Crippen molar-refractivity contribution in [2.24, 2.45) is 0 Å². The third kappa shape index (κ3) is 4.75. The zero-order chi connectivity index (χ0) is 20.8. The van der Waals surface area contributed by atoms with E-state index in [1.807, 2.05) is 6.07 Å². The molecule has 152 valence electrons. The van der Waals surface area contributed by atoms with Crippen LogP contribution >= 0.6 is 0 Å². The first-order chi connectivity index (χ1) is 14.0. The second kappa shape index (κ2) is 8.96. The summed E-state index contributed by atoms with van der Waals surface area (Å²) in [4.78, 5) is 38.0. The summed E-state index contributed by atoms with van der Waals surface area (Å²) in [5.74, 6) is 0.292. The van der Waals surface area contributed by atoms with Gasteiger partial charge in [0.15, 0.2) is 6.61 Å². The summed E-state index contributed by atoms with van der Waals surface area (Å²) < 4.78 is 15.6. The smallest absolute Gasteiger partial charge is 0.269 e. The molecule has 3 rings (SSSR count). The molecule has 0 atom stereocenters. The number of fused-ring (bicyclic) bond motifs is 1. The van der Waals surface area contributed by atoms with Crippen molar-refractivity contribution in [3.63, 3.8) is 0 Å². The van der Waals surface area contributed by atoms with Gasteiger partial charge >= 0.3 is 0 Å². The zero-order valence-corrected chi connectivity index (χ0v) is 16.1. The van der Waals surface area contributed by atoms with Crippen LogP contribution in [-0.4, -0.2) is 45.1 Å². The van der Waals surface area contributed by atoms with Crippen LogP contribution in [0.2, 0.25) is 0 Å². The number of hydrogen-bond donors (Lipinski definition) is 2. The number of hydrogen-bond acceptors (Lipinski definition) is 6. The molecule has 9 nitrogen and oxygen atoms in total. The minimum atomic E-state index is -0.525. The second-order valence-electron chi connectivity index (χ2n) is 6.16. The van der Waals surface area contributed by atoms with Crippen molar-refractivity contribution in [3.05, 3.63) is 48.0 Å². The predicted molar refractivity (Wildman–Crippen MR) is 104 cm³/mol. The standard InChI is InChI=1S/C20H21N3O6/c1-27-14-9-13(10-15(11-14)28-2)20(26)22-21-18(24)7-8-23-16-5-3-4-6-17(16)29-12-19(23)25/h3-6,9-11H,7-8,12H2,1-2H3,(H,21,24)(H,22,26). The van der Waals surface area contributed by atoms with Gasteiger partial charge in [-0.15, -0.1) is 0 Å². The summed E-state index contributed by atoms with van der Waals surface area (Å²) in [6.07, 6.45) is 0.00177. The highest BCUT2D eigenvalue weighted by Gasteiger charge is 2.25. The largest absolute Gasteiger partial charge is 0.497 e. The summed E-state index contributed by atoms with van der Waals surface area (Å²) in [5, 5.41) is 0. The van der Waals surface area contributed by atoms with Gasteiger partial charge in [-0.2, -0.15) is 0 Å². The number of benzene rings is 2. The number of nitrogens with one attached hydrogen (secondary N) is 2. The highest BCUT2D eigenvalue weighted by atomic mass is 16.5. The zero-order valence-electron chi connectivity index (χ0n) is 16.1. The van der Waals surface area contributed by atoms with Crippen LogP contribution in [0, 0.1) is 0 Å². The molecule has 9 heteroatoms. The quantitative estimate of drug-likeness (QED) is 0.709. The first kappa shape index (κ1) is 20.0. The average Bonchev–Trinajstić information content (AvgIpc) is 2.76. The van der Waals surface area contributed by atoms with Gasteiger partial charge in [0.2, 0.25) is 5.91 Å². The fraction of sp³-hybridized carbons (Fsp3) is 0.250. The molecule has 0 fully saturated rings. The van der Waals surface area contributed by atoms with Crippen LogP contribution in [0.5, 0.6) is 17.2 Å². The van der Waals surface area contributed by atoms with E-state index < -0.39 is 11.8 Å². The molecule has 3 amide bonds. The summed E-state index contributed by atoms with van der Waals surface area (Å²) in [6.45, 7) is 0.0843. The van der Waals surface area contributed by atoms with E-state index in [9.17, 15) is 14.4 Å². The van der Waals surface area contributed by atoms with Crippen LogP contribution in [0.15, 0.2) is 42.5 Å². The lowest BCUT2D eigenvalue weighted by atomic mass is 10.2. The van der Waals surface area contributed by atoms with Crippen LogP contribution in [0.4, 0.5) is 5.69 Å². The van der Waals surface area contributed by atoms with Gasteiger partial charge in [0.1, 0.15) is 17.2 Å². The molecule has 0 radical (unpaired) electrons. The van der Waals surface area contributed by atoms with Crippen LogP contribution in [0.25, 0.3) is 0 Å². The fourth-order valence-corrected chi connectivity index (χ4v) is 2.81. The minimum absolute atomic E-state index is 0.00177. The molecule has 1 aliphatic heterocycles. The predicted octanol–water partition coefficient (Wildman–Crippen LogP) is 1.28. The third-order valence-corrected chi connectivity index (χ3v) is 4.30. The lowest BCUT2D eigenvalue weighted by Crippen LogP contribution is -2.44. The summed E-state index contributed by atoms with van der Waals surface area (Å²) in [5.41, 5.74) is 5.56. The number of methoxy groups -OCH3 is 2. The Morgan fingerprint density at radius 2 is 1.76 bits per heavy atom. The van der Waals surface area contributed by atoms with Gasteiger partial charge < -0.3 is 19.1 Å². The SMILES string of the molecule is COc1cc(OC)cc(C(=O)NNC(=O)CCN2C(=O)COc3ccccc32)c1. The Morgan fingerprint density at radius 3 is 2.45 bits per heavy atom. The lowest BCUT2D eigenvalue weighted by molar-refractivity contribution is -0.122. The maximum Gasteiger partial charge on any atom is 0.269 e. The van der Waals surface area contributed by atoms with Crippen molar-refractivity contribution < 1.29 is 28.6 Å². The van der Waals surface area contributed by atoms with Gasteiger partial charge in [0.25, 0.3) is 11.8 Å². The number of para-hydroxylation sites is 2. The summed E-state index contributed by atoms with van der Waals surface area (Å²) >= 11 is 0. The van der Waals surface area contributed by atoms with Crippen molar-refractivity contribution in [2.45, 2.75) is 6.42 Å². The summed E-state index contributed by atoms with van der Waals surface area (Å²) in [6, 6.07) is 11.8. The molecule has 0 aliphatic carbocycles. The Morgan fingerprint density at radius 1 is 1.07 bits per heavy atom. The average molecular weight is 399 g/mol. The molecule has 0 saturated heterocycles. The van der Waals surface area contributed by atoms with Gasteiger partial charge in [-0.25, -0.2) is 0 Å². The molecular weight excluding hydrogens is 378 g/mol. The molecule has 0 aromatic heterocycles. The van der Waals surface area contributed by atoms with Crippen molar-refractivity contribution in [1.29, 1.82) is 0 Å². The number of anilines is 1. The normalized spacial score (nSPS) is 12.5. The number of carbonyl (C=O) groups is 3. The number of carbonyl (C=O) groups excluding carboxylic acids is 3. The van der Waals surface area contributed by atoms with Crippen LogP contribution in [-0.2, 0) is 9.59 Å². The van der Waals surface area contributed by atoms with E-state index in [2.05, 4.69) is 10.9 Å². The van der Waals surface area contributed by atoms with Crippen molar-refractivity contribution in [2.75, 3.05) is 32.3 Å². The molecule has 29 heavy (non-hydrogen) atoms. The van der Waals surface area contributed by atoms with Gasteiger partial charge in [-0.3, -0.25) is 25.2 Å². The van der Waals surface area contributed by atoms with E-state index in [0.717, 1.165) is 0 Å². The Labute approximate surface area is 167 Å². The number of rotatable bonds is 6. The Kier molecular flexibility index (Phi) is 6.18. The maximum absolute atomic E-state index is 12.3. The first-order valence-corrected chi connectivity index (χ1v) is 8.86. The van der Waals surface area contributed by atoms with Gasteiger partial charge in [-0.05, 0) is 24.3 Å². The fourth-order valence-electron chi connectivity index (χ4n) is 2.81. The number of ether oxygens (including phenoxy) is 3. The van der Waals surface area contributed by atoms with E-state index in [4.69, 9.17) is 14.2 Å². The van der Waals surface area contributed by atoms with Gasteiger partial charge in [-0.1, -0.05) is 12.1 Å². The van der Waals surface area contributed by atoms with Crippen molar-refractivity contribution >= 4 is 23.4 Å². The minimum Gasteiger partial charge on any atom is -0.497 e. The molecular formula is C20H21N3O6. The number of amides is 3. The second-order valence-corrected chi connectivity index (χ2v) is 6.16. The molecule has 0 bridgehead atoms. The van der Waals surface area contributed by atoms with E-state index in [1.54, 1.807) is 24.3 Å². The Balaban J connectivity index is 1.55. The van der Waals surface area contributed by atoms with Crippen LogP contribution in [0.3, 0.4) is 0 Å². The summed E-state index contributed by atoms with van der Waals surface area (Å²) in [7, 11) is 2.95. The molecule has 0 unspecified atom stereocenters. The molecule has 1 heterocycles. The highest BCUT2D eigenvalue weighted by molar-refractivity contribution is 5.99. The Bertz CT molecular complexity index is 908. The highest BCUT2D eigenvalue weighted by Crippen LogP contribution is 2.31. The van der Waals surface area contributed by atoms with E-state index in [1.165, 1.54) is 31.3 Å². The molecule has 1 aliphatic rings. The van der Waals surface area contributed by atoms with Crippen LogP contribution < -0.4 is 30.0 Å². The third-order valence-electron chi connectivity index (χ3n) is 4.30. The molecule has 2 N–H and O–H groups in total. The van der Waals surface area contributed by atoms with E-state index >= 15 is 0 Å². The monoisotopic (exact) mass is 399 g/mol. The van der Waals surface area contributed by atoms with Gasteiger partial charge in [0.05, 0.1) is 19.9 Å². The topological polar surface area (TPSA) is 106 Å². The molecule has 2 aromatic rings. The number of hydrazine groups is 1. The van der Waals surface area contributed by atoms with Crippen molar-refractivity contribution in [1.82, 2.24) is 10.9 Å². The van der Waals surface area contributed by atoms with Crippen molar-refractivity contribution in [3.8, 4) is 17.2 Å². The van der Waals surface area contributed by atoms with E-state index in [-0.39, 0.29) is 31.0 Å². The molecule has 0 saturated carbocycles. The van der Waals surface area contributed by atoms with Gasteiger partial charge in [0, 0.05) is 24.6 Å². The maximum atomic E-state index is 12.3. The molecule has 2 aromatic carbocycles.